The van der Waals surface area contributed by atoms with E-state index in [1.807, 2.05) is 0 Å². The van der Waals surface area contributed by atoms with Crippen molar-refractivity contribution in [1.82, 2.24) is 14.8 Å². The van der Waals surface area contributed by atoms with Gasteiger partial charge in [0, 0.05) is 17.5 Å². The van der Waals surface area contributed by atoms with Gasteiger partial charge in [0.15, 0.2) is 16.8 Å². The Labute approximate surface area is 171 Å². The number of hydrogen-bond donors (Lipinski definition) is 2. The molecule has 0 aliphatic rings. The van der Waals surface area contributed by atoms with Crippen molar-refractivity contribution in [2.75, 3.05) is 5.32 Å². The van der Waals surface area contributed by atoms with E-state index in [1.54, 1.807) is 12.1 Å². The van der Waals surface area contributed by atoms with Gasteiger partial charge in [0.05, 0.1) is 10.8 Å². The standard InChI is InChI=1S/C20H14F2N4O3S/c21-15-6-5-11(8-16(15)22)7-12-9-23-20(30-12)24-17(27)10-26-19(29)14-4-2-1-3-13(14)18(28)25-26/h1-6,8-9H,7,10H2,(H,25,28)(H,23,24,27). The van der Waals surface area contributed by atoms with Crippen molar-refractivity contribution in [1.29, 1.82) is 0 Å². The highest BCUT2D eigenvalue weighted by atomic mass is 32.1. The summed E-state index contributed by atoms with van der Waals surface area (Å²) in [4.78, 5) is 41.7. The third kappa shape index (κ3) is 4.03. The quantitative estimate of drug-likeness (QED) is 0.511. The molecule has 0 radical (unpaired) electrons. The van der Waals surface area contributed by atoms with Crippen LogP contribution in [-0.4, -0.2) is 20.7 Å². The monoisotopic (exact) mass is 428 g/mol. The molecule has 4 aromatic rings. The average molecular weight is 428 g/mol. The van der Waals surface area contributed by atoms with Crippen LogP contribution >= 0.6 is 11.3 Å². The first kappa shape index (κ1) is 19.6. The summed E-state index contributed by atoms with van der Waals surface area (Å²) in [6, 6.07) is 9.97. The molecule has 0 aliphatic heterocycles. The zero-order valence-electron chi connectivity index (χ0n) is 15.3. The summed E-state index contributed by atoms with van der Waals surface area (Å²) < 4.78 is 27.3. The minimum Gasteiger partial charge on any atom is -0.300 e. The van der Waals surface area contributed by atoms with Gasteiger partial charge < -0.3 is 5.32 Å². The number of thiazole rings is 1. The molecule has 0 aliphatic carbocycles. The molecule has 2 N–H and O–H groups in total. The molecular weight excluding hydrogens is 414 g/mol. The zero-order valence-corrected chi connectivity index (χ0v) is 16.1. The lowest BCUT2D eigenvalue weighted by Gasteiger charge is -2.06. The highest BCUT2D eigenvalue weighted by Crippen LogP contribution is 2.22. The number of carbonyl (C=O) groups excluding carboxylic acids is 1. The Morgan fingerprint density at radius 1 is 1.10 bits per heavy atom. The van der Waals surface area contributed by atoms with Crippen LogP contribution in [0.3, 0.4) is 0 Å². The van der Waals surface area contributed by atoms with Gasteiger partial charge >= 0.3 is 0 Å². The maximum atomic E-state index is 13.3. The Morgan fingerprint density at radius 2 is 1.87 bits per heavy atom. The first-order chi connectivity index (χ1) is 14.4. The number of halogens is 2. The number of H-pyrrole nitrogens is 1. The van der Waals surface area contributed by atoms with Gasteiger partial charge in [-0.15, -0.1) is 11.3 Å². The average Bonchev–Trinajstić information content (AvgIpc) is 3.15. The Hall–Kier alpha value is -3.66. The number of benzene rings is 2. The molecule has 2 aromatic carbocycles. The number of anilines is 1. The van der Waals surface area contributed by atoms with Crippen LogP contribution in [0.4, 0.5) is 13.9 Å². The summed E-state index contributed by atoms with van der Waals surface area (Å²) in [7, 11) is 0. The summed E-state index contributed by atoms with van der Waals surface area (Å²) in [6.45, 7) is -0.392. The van der Waals surface area contributed by atoms with Gasteiger partial charge in [0.25, 0.3) is 11.1 Å². The van der Waals surface area contributed by atoms with Crippen molar-refractivity contribution in [2.45, 2.75) is 13.0 Å². The molecule has 0 saturated heterocycles. The smallest absolute Gasteiger partial charge is 0.273 e. The third-order valence-corrected chi connectivity index (χ3v) is 5.26. The number of aromatic nitrogens is 3. The van der Waals surface area contributed by atoms with E-state index in [0.717, 1.165) is 21.7 Å². The number of rotatable bonds is 5. The molecule has 4 rings (SSSR count). The number of amides is 1. The van der Waals surface area contributed by atoms with Gasteiger partial charge in [-0.3, -0.25) is 19.5 Å². The molecule has 0 spiro atoms. The summed E-state index contributed by atoms with van der Waals surface area (Å²) in [5, 5.41) is 5.71. The fraction of sp³-hybridized carbons (Fsp3) is 0.100. The maximum Gasteiger partial charge on any atom is 0.273 e. The van der Waals surface area contributed by atoms with Gasteiger partial charge in [0.2, 0.25) is 5.91 Å². The number of nitrogens with one attached hydrogen (secondary N) is 2. The van der Waals surface area contributed by atoms with Crippen molar-refractivity contribution in [3.8, 4) is 0 Å². The number of carbonyl (C=O) groups is 1. The molecule has 0 fully saturated rings. The van der Waals surface area contributed by atoms with Crippen molar-refractivity contribution in [2.24, 2.45) is 0 Å². The van der Waals surface area contributed by atoms with E-state index in [-0.39, 0.29) is 15.9 Å². The van der Waals surface area contributed by atoms with Crippen molar-refractivity contribution >= 4 is 33.1 Å². The van der Waals surface area contributed by atoms with E-state index in [2.05, 4.69) is 15.4 Å². The molecule has 152 valence electrons. The van der Waals surface area contributed by atoms with Gasteiger partial charge in [0.1, 0.15) is 6.54 Å². The fourth-order valence-electron chi connectivity index (χ4n) is 2.96. The molecule has 0 atom stereocenters. The Kier molecular flexibility index (Phi) is 5.23. The molecule has 7 nitrogen and oxygen atoms in total. The van der Waals surface area contributed by atoms with Crippen molar-refractivity contribution in [3.63, 3.8) is 0 Å². The second kappa shape index (κ2) is 7.99. The number of hydrogen-bond acceptors (Lipinski definition) is 5. The Morgan fingerprint density at radius 3 is 2.63 bits per heavy atom. The van der Waals surface area contributed by atoms with Crippen LogP contribution in [-0.2, 0) is 17.8 Å². The van der Waals surface area contributed by atoms with Gasteiger partial charge in [-0.05, 0) is 29.8 Å². The van der Waals surface area contributed by atoms with Crippen LogP contribution in [0.2, 0.25) is 0 Å². The second-order valence-electron chi connectivity index (χ2n) is 6.48. The first-order valence-electron chi connectivity index (χ1n) is 8.81. The molecule has 2 heterocycles. The summed E-state index contributed by atoms with van der Waals surface area (Å²) in [5.41, 5.74) is -0.393. The molecule has 2 aromatic heterocycles. The van der Waals surface area contributed by atoms with Crippen molar-refractivity contribution < 1.29 is 13.6 Å². The van der Waals surface area contributed by atoms with Crippen LogP contribution in [0, 0.1) is 11.6 Å². The number of nitrogens with zero attached hydrogens (tertiary/aromatic N) is 2. The van der Waals surface area contributed by atoms with Crippen LogP contribution < -0.4 is 16.4 Å². The number of fused-ring (bicyclic) bond motifs is 1. The third-order valence-electron chi connectivity index (χ3n) is 4.35. The minimum atomic E-state index is -0.930. The van der Waals surface area contributed by atoms with Gasteiger partial charge in [-0.2, -0.15) is 0 Å². The van der Waals surface area contributed by atoms with E-state index in [4.69, 9.17) is 0 Å². The first-order valence-corrected chi connectivity index (χ1v) is 9.63. The topological polar surface area (TPSA) is 96.9 Å². The highest BCUT2D eigenvalue weighted by Gasteiger charge is 2.12. The van der Waals surface area contributed by atoms with Gasteiger partial charge in [-0.1, -0.05) is 18.2 Å². The van der Waals surface area contributed by atoms with E-state index in [9.17, 15) is 23.2 Å². The highest BCUT2D eigenvalue weighted by molar-refractivity contribution is 7.15. The summed E-state index contributed by atoms with van der Waals surface area (Å²) in [6.07, 6.45) is 1.84. The lowest BCUT2D eigenvalue weighted by atomic mass is 10.1. The molecule has 0 bridgehead atoms. The van der Waals surface area contributed by atoms with E-state index < -0.39 is 35.2 Å². The maximum absolute atomic E-state index is 13.3. The fourth-order valence-corrected chi connectivity index (χ4v) is 3.82. The van der Waals surface area contributed by atoms with E-state index in [0.29, 0.717) is 12.0 Å². The largest absolute Gasteiger partial charge is 0.300 e. The minimum absolute atomic E-state index is 0.220. The molecule has 1 amide bonds. The summed E-state index contributed by atoms with van der Waals surface area (Å²) >= 11 is 1.17. The number of aromatic amines is 1. The van der Waals surface area contributed by atoms with Crippen LogP contribution in [0.1, 0.15) is 10.4 Å². The van der Waals surface area contributed by atoms with E-state index >= 15 is 0 Å². The van der Waals surface area contributed by atoms with Crippen LogP contribution in [0.5, 0.6) is 0 Å². The van der Waals surface area contributed by atoms with Gasteiger partial charge in [-0.25, -0.2) is 18.4 Å². The predicted octanol–water partition coefficient (Wildman–Crippen LogP) is 2.65. The second-order valence-corrected chi connectivity index (χ2v) is 7.60. The predicted molar refractivity (Wildman–Crippen MR) is 109 cm³/mol. The summed E-state index contributed by atoms with van der Waals surface area (Å²) in [5.74, 6) is -2.39. The Balaban J connectivity index is 1.47. The Bertz CT molecular complexity index is 1380. The normalized spacial score (nSPS) is 11.0. The lowest BCUT2D eigenvalue weighted by molar-refractivity contribution is -0.117. The molecule has 0 unspecified atom stereocenters. The lowest BCUT2D eigenvalue weighted by Crippen LogP contribution is -2.34. The molecule has 30 heavy (non-hydrogen) atoms. The van der Waals surface area contributed by atoms with E-state index in [1.165, 1.54) is 35.7 Å². The molecule has 10 heteroatoms. The SMILES string of the molecule is O=C(Cn1[nH]c(=O)c2ccccc2c1=O)Nc1ncc(Cc2ccc(F)c(F)c2)s1. The zero-order chi connectivity index (χ0) is 21.3. The molecule has 0 saturated carbocycles. The van der Waals surface area contributed by atoms with Crippen LogP contribution in [0.25, 0.3) is 10.8 Å². The molecular formula is C20H14F2N4O3S. The van der Waals surface area contributed by atoms with Crippen LogP contribution in [0.15, 0.2) is 58.3 Å². The van der Waals surface area contributed by atoms with Crippen molar-refractivity contribution in [3.05, 3.63) is 91.4 Å².